The maximum atomic E-state index is 2.53. The molecule has 0 aromatic heterocycles. The molecule has 3 fully saturated rings. The molecule has 0 aliphatic heterocycles. The van der Waals surface area contributed by atoms with Crippen LogP contribution < -0.4 is 0 Å². The summed E-state index contributed by atoms with van der Waals surface area (Å²) in [5.41, 5.74) is 21.3. The van der Waals surface area contributed by atoms with Gasteiger partial charge in [0.15, 0.2) is 0 Å². The van der Waals surface area contributed by atoms with Crippen molar-refractivity contribution in [1.29, 1.82) is 0 Å². The molecule has 3 saturated carbocycles. The molecule has 0 N–H and O–H groups in total. The van der Waals surface area contributed by atoms with Gasteiger partial charge in [-0.2, -0.15) is 0 Å². The molecule has 0 heteroatoms. The van der Waals surface area contributed by atoms with E-state index < -0.39 is 0 Å². The van der Waals surface area contributed by atoms with E-state index in [4.69, 9.17) is 0 Å². The van der Waals surface area contributed by atoms with Crippen LogP contribution in [0.15, 0.2) is 133 Å². The highest BCUT2D eigenvalue weighted by atomic mass is 14.5. The molecule has 0 spiro atoms. The van der Waals surface area contributed by atoms with E-state index in [9.17, 15) is 0 Å². The van der Waals surface area contributed by atoms with Gasteiger partial charge in [0.2, 0.25) is 0 Å². The van der Waals surface area contributed by atoms with Gasteiger partial charge in [-0.25, -0.2) is 0 Å². The van der Waals surface area contributed by atoms with Crippen molar-refractivity contribution in [3.8, 4) is 0 Å². The highest BCUT2D eigenvalue weighted by Crippen LogP contribution is 2.53. The van der Waals surface area contributed by atoms with Crippen molar-refractivity contribution >= 4 is 0 Å². The molecule has 105 heavy (non-hydrogen) atoms. The molecular weight excluding hydrogens is 1260 g/mol. The lowest BCUT2D eigenvalue weighted by Gasteiger charge is -2.49. The first-order chi connectivity index (χ1) is 46.4. The standard InChI is InChI=1S/C19H36.2C19H24.C16H32.2C13H20.6CH4/c2*1-14(2)18-9-5-16(6-10-18)13-17-7-11-19(12-8-17)15(3)4;1-14(2)17-11-9-16(10-12-17)13-18-7-5-6-8-19(18)15(3)4;1-12(2)8-16(7)10-14(13(3)4)9-15(5,6)11-16;1-9(2)12-7-6-11(5)13(8-12)10(3)4;1-9(2)12-7-6-8-13(10(3)4)11(12)5;;;;;;/h14-19H,5-13H2,1-4H3;2*5-12,14-15H,13H2,1-4H3;12-14H,8-11H2,1-7H3;2*6-10H,1-5H3;6*1H4. The van der Waals surface area contributed by atoms with E-state index in [-0.39, 0.29) is 44.6 Å². The lowest BCUT2D eigenvalue weighted by Crippen LogP contribution is -2.38. The Labute approximate surface area is 660 Å². The Morgan fingerprint density at radius 3 is 0.990 bits per heavy atom. The zero-order valence-corrected chi connectivity index (χ0v) is 70.1. The maximum absolute atomic E-state index is 2.53. The number of rotatable bonds is 19. The minimum Gasteiger partial charge on any atom is -0.0776 e. The van der Waals surface area contributed by atoms with Crippen LogP contribution >= 0.6 is 0 Å². The summed E-state index contributed by atoms with van der Waals surface area (Å²) in [5, 5.41) is 0. The van der Waals surface area contributed by atoms with Gasteiger partial charge < -0.3 is 0 Å². The van der Waals surface area contributed by atoms with Crippen molar-refractivity contribution in [3.05, 3.63) is 211 Å². The monoisotopic (exact) mass is 1440 g/mol. The van der Waals surface area contributed by atoms with Crippen molar-refractivity contribution in [2.75, 3.05) is 0 Å². The van der Waals surface area contributed by atoms with Gasteiger partial charge in [-0.1, -0.05) is 391 Å². The van der Waals surface area contributed by atoms with Crippen molar-refractivity contribution in [1.82, 2.24) is 0 Å². The van der Waals surface area contributed by atoms with E-state index >= 15 is 0 Å². The van der Waals surface area contributed by atoms with Gasteiger partial charge in [-0.15, -0.1) is 0 Å². The zero-order chi connectivity index (χ0) is 74.1. The third-order valence-electron chi connectivity index (χ3n) is 23.3. The molecule has 0 radical (unpaired) electrons. The quantitative estimate of drug-likeness (QED) is 0.0758. The van der Waals surface area contributed by atoms with Crippen LogP contribution in [0, 0.1) is 77.9 Å². The predicted octanol–water partition coefficient (Wildman–Crippen LogP) is 35.2. The fraction of sp³-hybridized carbons (Fsp3) is 0.657. The summed E-state index contributed by atoms with van der Waals surface area (Å²) in [4.78, 5) is 0. The minimum atomic E-state index is 0. The summed E-state index contributed by atoms with van der Waals surface area (Å²) >= 11 is 0. The average Bonchev–Trinajstić information content (AvgIpc) is 0.799. The first-order valence-electron chi connectivity index (χ1n) is 40.9. The second kappa shape index (κ2) is 50.9. The minimum absolute atomic E-state index is 0. The molecule has 2 unspecified atom stereocenters. The molecule has 0 bridgehead atoms. The Morgan fingerprint density at radius 1 is 0.324 bits per heavy atom. The van der Waals surface area contributed by atoms with Crippen molar-refractivity contribution in [2.24, 2.45) is 64.1 Å². The molecule has 0 nitrogen and oxygen atoms in total. The van der Waals surface area contributed by atoms with Gasteiger partial charge in [0, 0.05) is 0 Å². The van der Waals surface area contributed by atoms with Gasteiger partial charge in [0.05, 0.1) is 0 Å². The Balaban J connectivity index is -0.00000118. The number of aryl methyl sites for hydroxylation is 1. The Hall–Kier alpha value is -4.68. The van der Waals surface area contributed by atoms with E-state index in [1.54, 1.807) is 6.42 Å². The van der Waals surface area contributed by atoms with Crippen molar-refractivity contribution < 1.29 is 0 Å². The summed E-state index contributed by atoms with van der Waals surface area (Å²) in [5.74, 6) is 13.7. The predicted molar refractivity (Wildman–Crippen MR) is 486 cm³/mol. The number of benzene rings is 6. The normalized spacial score (nSPS) is 18.8. The first kappa shape index (κ1) is 104. The van der Waals surface area contributed by atoms with Gasteiger partial charge in [0.25, 0.3) is 0 Å². The topological polar surface area (TPSA) is 0 Å². The van der Waals surface area contributed by atoms with Crippen LogP contribution in [-0.4, -0.2) is 0 Å². The molecule has 6 aromatic carbocycles. The smallest absolute Gasteiger partial charge is 0.00229 e. The average molecular weight is 1440 g/mol. The Bertz CT molecular complexity index is 3020. The molecule has 6 aromatic rings. The molecular formula is C105H180. The van der Waals surface area contributed by atoms with E-state index in [1.807, 2.05) is 0 Å². The van der Waals surface area contributed by atoms with Crippen LogP contribution in [0.1, 0.15) is 440 Å². The van der Waals surface area contributed by atoms with Crippen LogP contribution in [0.2, 0.25) is 0 Å². The fourth-order valence-electron chi connectivity index (χ4n) is 17.3. The SMILES string of the molecule is C.C.C.C.C.C.CC(C)C1CCC(CC2CCC(C(C)C)CC2)CC1.CC(C)CC1(C)CC(C(C)C)CC(C)(C)C1.CC(C)c1ccc(Cc2ccc(C(C)C)cc2)cc1.CC(C)c1ccc(Cc2ccccc2C(C)C)cc1.Cc1c(C(C)C)cccc1C(C)C.Cc1ccc(C(C)C)cc1C(C)C. The number of hydrogen-bond donors (Lipinski definition) is 0. The largest absolute Gasteiger partial charge is 0.0776 e. The fourth-order valence-corrected chi connectivity index (χ4v) is 17.3. The van der Waals surface area contributed by atoms with Crippen LogP contribution in [-0.2, 0) is 12.8 Å². The molecule has 3 aliphatic rings. The molecule has 3 aliphatic carbocycles. The summed E-state index contributed by atoms with van der Waals surface area (Å²) < 4.78 is 0. The van der Waals surface area contributed by atoms with Crippen molar-refractivity contribution in [2.45, 2.75) is 389 Å². The third-order valence-corrected chi connectivity index (χ3v) is 23.3. The van der Waals surface area contributed by atoms with Gasteiger partial charge in [0.1, 0.15) is 0 Å². The van der Waals surface area contributed by atoms with Crippen LogP contribution in [0.4, 0.5) is 0 Å². The maximum Gasteiger partial charge on any atom is -0.00229 e. The zero-order valence-electron chi connectivity index (χ0n) is 70.1. The van der Waals surface area contributed by atoms with E-state index in [0.29, 0.717) is 58.2 Å². The number of hydrogen-bond acceptors (Lipinski definition) is 0. The summed E-state index contributed by atoms with van der Waals surface area (Å²) in [6.45, 7) is 67.1. The van der Waals surface area contributed by atoms with E-state index in [1.165, 1.54) is 155 Å². The van der Waals surface area contributed by atoms with Gasteiger partial charge in [-0.3, -0.25) is 0 Å². The molecule has 0 saturated heterocycles. The molecule has 600 valence electrons. The Kier molecular flexibility index (Phi) is 50.7. The lowest BCUT2D eigenvalue weighted by molar-refractivity contribution is 0.0213. The second-order valence-electron chi connectivity index (χ2n) is 37.1. The highest BCUT2D eigenvalue weighted by Gasteiger charge is 2.42. The van der Waals surface area contributed by atoms with E-state index in [0.717, 1.165) is 66.1 Å². The lowest BCUT2D eigenvalue weighted by atomic mass is 9.57. The van der Waals surface area contributed by atoms with E-state index in [2.05, 4.69) is 334 Å². The van der Waals surface area contributed by atoms with Crippen LogP contribution in [0.5, 0.6) is 0 Å². The van der Waals surface area contributed by atoms with Crippen LogP contribution in [0.3, 0.4) is 0 Å². The second-order valence-corrected chi connectivity index (χ2v) is 37.1. The first-order valence-corrected chi connectivity index (χ1v) is 40.9. The van der Waals surface area contributed by atoms with Gasteiger partial charge in [-0.05, 0) is 274 Å². The summed E-state index contributed by atoms with van der Waals surface area (Å²) in [7, 11) is 0. The molecule has 0 heterocycles. The molecule has 2 atom stereocenters. The Morgan fingerprint density at radius 2 is 0.657 bits per heavy atom. The highest BCUT2D eigenvalue weighted by molar-refractivity contribution is 5.39. The molecule has 9 rings (SSSR count). The molecule has 0 amide bonds. The van der Waals surface area contributed by atoms with Crippen LogP contribution in [0.25, 0.3) is 0 Å². The summed E-state index contributed by atoms with van der Waals surface area (Å²) in [6, 6.07) is 49.4. The summed E-state index contributed by atoms with van der Waals surface area (Å²) in [6.07, 6.45) is 21.5. The van der Waals surface area contributed by atoms with Crippen molar-refractivity contribution in [3.63, 3.8) is 0 Å². The van der Waals surface area contributed by atoms with Gasteiger partial charge >= 0.3 is 0 Å². The third kappa shape index (κ3) is 36.6.